The highest BCUT2D eigenvalue weighted by Crippen LogP contribution is 1.93. The zero-order valence-corrected chi connectivity index (χ0v) is 7.06. The highest BCUT2D eigenvalue weighted by atomic mass is 16.2. The van der Waals surface area contributed by atoms with Gasteiger partial charge < -0.3 is 10.6 Å². The van der Waals surface area contributed by atoms with Crippen LogP contribution < -0.4 is 10.6 Å². The molecule has 0 aromatic rings. The van der Waals surface area contributed by atoms with Gasteiger partial charge in [0.2, 0.25) is 11.8 Å². The molecular formula is C8H17BN2O2. The van der Waals surface area contributed by atoms with Gasteiger partial charge in [-0.05, 0) is 12.8 Å². The minimum Gasteiger partial charge on any atom is -0.356 e. The molecule has 74 valence electrons. The van der Waals surface area contributed by atoms with Gasteiger partial charge in [0.25, 0.3) is 0 Å². The third-order valence-corrected chi connectivity index (χ3v) is 1.81. The molecule has 0 saturated carbocycles. The maximum atomic E-state index is 10.1. The van der Waals surface area contributed by atoms with Crippen molar-refractivity contribution in [3.63, 3.8) is 0 Å². The second kappa shape index (κ2) is 6.51. The van der Waals surface area contributed by atoms with Crippen molar-refractivity contribution in [2.24, 2.45) is 0 Å². The van der Waals surface area contributed by atoms with Crippen molar-refractivity contribution in [1.29, 1.82) is 0 Å². The fourth-order valence-corrected chi connectivity index (χ4v) is 1.13. The number of hydrogen-bond donors (Lipinski definition) is 2. The van der Waals surface area contributed by atoms with E-state index in [0.717, 1.165) is 38.8 Å². The predicted molar refractivity (Wildman–Crippen MR) is 54.4 cm³/mol. The van der Waals surface area contributed by atoms with Crippen molar-refractivity contribution in [2.75, 3.05) is 13.1 Å². The topological polar surface area (TPSA) is 58.2 Å². The highest BCUT2D eigenvalue weighted by molar-refractivity contribution is 5.77. The molecule has 0 unspecified atom stereocenters. The fraction of sp³-hybridized carbons (Fsp3) is 0.750. The summed E-state index contributed by atoms with van der Waals surface area (Å²) in [5, 5.41) is 5.36. The summed E-state index contributed by atoms with van der Waals surface area (Å²) in [6, 6.07) is 0. The number of rotatable bonds is 0. The summed E-state index contributed by atoms with van der Waals surface area (Å²) < 4.78 is 0. The van der Waals surface area contributed by atoms with Gasteiger partial charge in [-0.25, -0.2) is 0 Å². The normalized spacial score (nSPS) is 19.4. The van der Waals surface area contributed by atoms with Gasteiger partial charge in [-0.2, -0.15) is 0 Å². The van der Waals surface area contributed by atoms with Crippen molar-refractivity contribution in [1.82, 2.24) is 10.6 Å². The Hall–Kier alpha value is -0.995. The van der Waals surface area contributed by atoms with Gasteiger partial charge in [0, 0.05) is 25.9 Å². The zero-order valence-electron chi connectivity index (χ0n) is 7.06. The second-order valence-electron chi connectivity index (χ2n) is 2.91. The Morgan fingerprint density at radius 2 is 1.23 bits per heavy atom. The molecule has 0 aromatic carbocycles. The number of carbonyl (C=O) groups excluding carboxylic acids is 2. The molecule has 0 bridgehead atoms. The van der Waals surface area contributed by atoms with E-state index in [2.05, 4.69) is 10.6 Å². The zero-order chi connectivity index (χ0) is 8.81. The maximum Gasteiger partial charge on any atom is 0.220 e. The van der Waals surface area contributed by atoms with Gasteiger partial charge in [0.15, 0.2) is 0 Å². The lowest BCUT2D eigenvalue weighted by molar-refractivity contribution is -0.119. The minimum absolute atomic E-state index is 0. The van der Waals surface area contributed by atoms with E-state index in [0.29, 0.717) is 0 Å². The predicted octanol–water partition coefficient (Wildman–Crippen LogP) is -1.39. The van der Waals surface area contributed by atoms with E-state index >= 15 is 0 Å². The number of nitrogens with one attached hydrogen (secondary N) is 2. The third-order valence-electron chi connectivity index (χ3n) is 1.81. The second-order valence-corrected chi connectivity index (χ2v) is 2.91. The molecule has 2 aliphatic rings. The van der Waals surface area contributed by atoms with Crippen LogP contribution in [0.2, 0.25) is 0 Å². The average Bonchev–Trinajstić information content (AvgIpc) is 2.63. The molecule has 2 rings (SSSR count). The van der Waals surface area contributed by atoms with E-state index in [1.807, 2.05) is 0 Å². The van der Waals surface area contributed by atoms with Crippen molar-refractivity contribution < 1.29 is 9.59 Å². The Balaban J connectivity index is 0.000000206. The molecule has 4 nitrogen and oxygen atoms in total. The first-order chi connectivity index (χ1) is 5.79. The van der Waals surface area contributed by atoms with Crippen LogP contribution in [0, 0.1) is 0 Å². The van der Waals surface area contributed by atoms with E-state index in [9.17, 15) is 9.59 Å². The van der Waals surface area contributed by atoms with E-state index in [1.54, 1.807) is 0 Å². The smallest absolute Gasteiger partial charge is 0.220 e. The third kappa shape index (κ3) is 5.28. The van der Waals surface area contributed by atoms with Gasteiger partial charge >= 0.3 is 0 Å². The Morgan fingerprint density at radius 3 is 1.31 bits per heavy atom. The molecule has 2 N–H and O–H groups in total. The molecule has 2 aliphatic heterocycles. The molecule has 2 heterocycles. The van der Waals surface area contributed by atoms with E-state index < -0.39 is 0 Å². The molecule has 0 radical (unpaired) electrons. The molecule has 0 aromatic heterocycles. The lowest BCUT2D eigenvalue weighted by Crippen LogP contribution is -2.12. The van der Waals surface area contributed by atoms with Crippen LogP contribution in [0.3, 0.4) is 0 Å². The van der Waals surface area contributed by atoms with Crippen LogP contribution in [0.1, 0.15) is 25.7 Å². The van der Waals surface area contributed by atoms with Crippen LogP contribution in [0.5, 0.6) is 0 Å². The molecule has 0 atom stereocenters. The van der Waals surface area contributed by atoms with Gasteiger partial charge in [-0.1, -0.05) is 0 Å². The summed E-state index contributed by atoms with van der Waals surface area (Å²) in [6.07, 6.45) is 3.53. The molecular weight excluding hydrogens is 167 g/mol. The monoisotopic (exact) mass is 184 g/mol. The first kappa shape index (κ1) is 12.0. The number of amides is 2. The molecule has 2 fully saturated rings. The van der Waals surface area contributed by atoms with Crippen LogP contribution in [-0.2, 0) is 9.59 Å². The van der Waals surface area contributed by atoms with E-state index in [-0.39, 0.29) is 20.2 Å². The average molecular weight is 184 g/mol. The van der Waals surface area contributed by atoms with Crippen LogP contribution in [0.25, 0.3) is 0 Å². The van der Waals surface area contributed by atoms with Crippen molar-refractivity contribution in [2.45, 2.75) is 25.7 Å². The molecule has 5 heteroatoms. The first-order valence-corrected chi connectivity index (χ1v) is 4.32. The summed E-state index contributed by atoms with van der Waals surface area (Å²) in [5.41, 5.74) is 0. The largest absolute Gasteiger partial charge is 0.356 e. The van der Waals surface area contributed by atoms with Gasteiger partial charge in [-0.15, -0.1) is 0 Å². The maximum absolute atomic E-state index is 10.1. The first-order valence-electron chi connectivity index (χ1n) is 4.32. The van der Waals surface area contributed by atoms with Crippen LogP contribution >= 0.6 is 0 Å². The van der Waals surface area contributed by atoms with Gasteiger partial charge in [-0.3, -0.25) is 9.59 Å². The molecule has 2 saturated heterocycles. The number of hydrogen-bond acceptors (Lipinski definition) is 2. The Bertz CT molecular complexity index is 149. The SMILES string of the molecule is B.O=C1CCCN1.O=C1CCCN1. The van der Waals surface area contributed by atoms with Gasteiger partial charge in [0.05, 0.1) is 8.41 Å². The Morgan fingerprint density at radius 1 is 0.846 bits per heavy atom. The lowest BCUT2D eigenvalue weighted by atomic mass is 10.4. The summed E-state index contributed by atoms with van der Waals surface area (Å²) in [5.74, 6) is 0.407. The number of carbonyl (C=O) groups is 2. The quantitative estimate of drug-likeness (QED) is 0.455. The van der Waals surface area contributed by atoms with E-state index in [4.69, 9.17) is 0 Å². The molecule has 2 amide bonds. The van der Waals surface area contributed by atoms with Crippen LogP contribution in [0.4, 0.5) is 0 Å². The lowest BCUT2D eigenvalue weighted by Gasteiger charge is -1.80. The fourth-order valence-electron chi connectivity index (χ4n) is 1.13. The minimum atomic E-state index is 0. The molecule has 0 aliphatic carbocycles. The van der Waals surface area contributed by atoms with Crippen LogP contribution in [0.15, 0.2) is 0 Å². The van der Waals surface area contributed by atoms with E-state index in [1.165, 1.54) is 0 Å². The van der Waals surface area contributed by atoms with Crippen molar-refractivity contribution >= 4 is 20.2 Å². The molecule has 13 heavy (non-hydrogen) atoms. The summed E-state index contributed by atoms with van der Waals surface area (Å²) in [4.78, 5) is 20.3. The van der Waals surface area contributed by atoms with Crippen LogP contribution in [-0.4, -0.2) is 33.3 Å². The highest BCUT2D eigenvalue weighted by Gasteiger charge is 2.05. The standard InChI is InChI=1S/2C4H7NO.BH3/c2*6-4-2-1-3-5-4;/h2*1-3H2,(H,5,6);1H3. The Kier molecular flexibility index (Phi) is 6.01. The van der Waals surface area contributed by atoms with Crippen molar-refractivity contribution in [3.05, 3.63) is 0 Å². The molecule has 0 spiro atoms. The summed E-state index contributed by atoms with van der Waals surface area (Å²) in [7, 11) is 0. The summed E-state index contributed by atoms with van der Waals surface area (Å²) >= 11 is 0. The van der Waals surface area contributed by atoms with Crippen molar-refractivity contribution in [3.8, 4) is 0 Å². The Labute approximate surface area is 80.0 Å². The van der Waals surface area contributed by atoms with Gasteiger partial charge in [0.1, 0.15) is 0 Å². The summed E-state index contributed by atoms with van der Waals surface area (Å²) in [6.45, 7) is 1.78.